The summed E-state index contributed by atoms with van der Waals surface area (Å²) < 4.78 is 5.67. The first-order chi connectivity index (χ1) is 9.93. The number of hydrogen-bond acceptors (Lipinski definition) is 4. The highest BCUT2D eigenvalue weighted by molar-refractivity contribution is 5.78. The lowest BCUT2D eigenvalue weighted by Crippen LogP contribution is -2.81. The number of carbonyl (C=O) groups excluding carboxylic acids is 1. The van der Waals surface area contributed by atoms with Gasteiger partial charge in [-0.25, -0.2) is 0 Å². The molecule has 120 valence electrons. The van der Waals surface area contributed by atoms with Gasteiger partial charge in [0.25, 0.3) is 0 Å². The van der Waals surface area contributed by atoms with Crippen molar-refractivity contribution in [2.24, 2.45) is 5.92 Å². The minimum Gasteiger partial charge on any atom is -0.378 e. The average molecular weight is 295 g/mol. The van der Waals surface area contributed by atoms with Crippen LogP contribution in [0.3, 0.4) is 0 Å². The van der Waals surface area contributed by atoms with Gasteiger partial charge in [-0.2, -0.15) is 0 Å². The number of piperazine rings is 1. The van der Waals surface area contributed by atoms with Gasteiger partial charge in [0.05, 0.1) is 24.8 Å². The van der Waals surface area contributed by atoms with Crippen LogP contribution in [-0.4, -0.2) is 84.2 Å². The molecule has 3 rings (SSSR count). The standard InChI is InChI=1S/C16H29N3O2/c1-12(2)15(20)17-7-14-8-21-6-5-19(14)16(9-17)10-18(11-16)13(3)4/h12-14H,5-11H2,1-4H3/t14-/m1/s1. The Balaban J connectivity index is 1.78. The summed E-state index contributed by atoms with van der Waals surface area (Å²) >= 11 is 0. The van der Waals surface area contributed by atoms with Gasteiger partial charge in [0, 0.05) is 44.7 Å². The SMILES string of the molecule is CC(C)C(=O)N1C[C@@H]2COCCN2C2(C1)CN(C(C)C)C2. The molecular weight excluding hydrogens is 266 g/mol. The third kappa shape index (κ3) is 2.60. The zero-order valence-electron chi connectivity index (χ0n) is 13.8. The second kappa shape index (κ2) is 5.52. The summed E-state index contributed by atoms with van der Waals surface area (Å²) in [5.74, 6) is 0.377. The highest BCUT2D eigenvalue weighted by Crippen LogP contribution is 2.36. The van der Waals surface area contributed by atoms with E-state index in [1.165, 1.54) is 0 Å². The summed E-state index contributed by atoms with van der Waals surface area (Å²) in [6.45, 7) is 15.0. The Morgan fingerprint density at radius 2 is 1.90 bits per heavy atom. The average Bonchev–Trinajstić information content (AvgIpc) is 2.42. The quantitative estimate of drug-likeness (QED) is 0.749. The van der Waals surface area contributed by atoms with Gasteiger partial charge in [0.15, 0.2) is 0 Å². The third-order valence-electron chi connectivity index (χ3n) is 5.28. The molecule has 1 atom stereocenters. The molecule has 0 saturated carbocycles. The van der Waals surface area contributed by atoms with E-state index < -0.39 is 0 Å². The van der Waals surface area contributed by atoms with Crippen molar-refractivity contribution < 1.29 is 9.53 Å². The van der Waals surface area contributed by atoms with Crippen molar-refractivity contribution in [2.45, 2.75) is 45.3 Å². The van der Waals surface area contributed by atoms with Crippen LogP contribution in [0.15, 0.2) is 0 Å². The first-order valence-corrected chi connectivity index (χ1v) is 8.30. The number of carbonyl (C=O) groups is 1. The number of ether oxygens (including phenoxy) is 1. The number of fused-ring (bicyclic) bond motifs is 2. The molecule has 3 aliphatic rings. The first kappa shape index (κ1) is 15.3. The molecule has 0 N–H and O–H groups in total. The second-order valence-electron chi connectivity index (χ2n) is 7.52. The van der Waals surface area contributed by atoms with Crippen LogP contribution in [0.25, 0.3) is 0 Å². The van der Waals surface area contributed by atoms with Crippen molar-refractivity contribution in [1.82, 2.24) is 14.7 Å². The molecule has 21 heavy (non-hydrogen) atoms. The van der Waals surface area contributed by atoms with Gasteiger partial charge in [0.2, 0.25) is 5.91 Å². The highest BCUT2D eigenvalue weighted by atomic mass is 16.5. The summed E-state index contributed by atoms with van der Waals surface area (Å²) in [5, 5.41) is 0. The fourth-order valence-electron chi connectivity index (χ4n) is 4.09. The minimum atomic E-state index is 0.0828. The highest BCUT2D eigenvalue weighted by Gasteiger charge is 2.55. The van der Waals surface area contributed by atoms with E-state index in [1.807, 2.05) is 13.8 Å². The number of rotatable bonds is 2. The number of morpholine rings is 1. The van der Waals surface area contributed by atoms with Crippen LogP contribution in [-0.2, 0) is 9.53 Å². The first-order valence-electron chi connectivity index (χ1n) is 8.30. The van der Waals surface area contributed by atoms with Crippen LogP contribution in [0.1, 0.15) is 27.7 Å². The van der Waals surface area contributed by atoms with Crippen LogP contribution in [0, 0.1) is 5.92 Å². The number of hydrogen-bond donors (Lipinski definition) is 0. The number of amides is 1. The molecule has 3 heterocycles. The van der Waals surface area contributed by atoms with Crippen LogP contribution in [0.4, 0.5) is 0 Å². The Labute approximate surface area is 128 Å². The van der Waals surface area contributed by atoms with E-state index >= 15 is 0 Å². The molecule has 3 saturated heterocycles. The number of nitrogens with zero attached hydrogens (tertiary/aromatic N) is 3. The summed E-state index contributed by atoms with van der Waals surface area (Å²) in [7, 11) is 0. The Kier molecular flexibility index (Phi) is 4.01. The van der Waals surface area contributed by atoms with Gasteiger partial charge in [-0.3, -0.25) is 14.6 Å². The summed E-state index contributed by atoms with van der Waals surface area (Å²) in [4.78, 5) is 19.7. The molecule has 1 amide bonds. The normalized spacial score (nSPS) is 29.8. The molecule has 1 spiro atoms. The lowest BCUT2D eigenvalue weighted by atomic mass is 9.81. The van der Waals surface area contributed by atoms with E-state index in [1.54, 1.807) is 0 Å². The molecule has 0 aromatic rings. The largest absolute Gasteiger partial charge is 0.378 e. The van der Waals surface area contributed by atoms with Crippen LogP contribution in [0.5, 0.6) is 0 Å². The van der Waals surface area contributed by atoms with Gasteiger partial charge >= 0.3 is 0 Å². The van der Waals surface area contributed by atoms with Gasteiger partial charge in [0.1, 0.15) is 0 Å². The Hall–Kier alpha value is -0.650. The van der Waals surface area contributed by atoms with E-state index in [2.05, 4.69) is 28.5 Å². The summed E-state index contributed by atoms with van der Waals surface area (Å²) in [5.41, 5.74) is 0.168. The van der Waals surface area contributed by atoms with E-state index in [0.717, 1.165) is 45.9 Å². The smallest absolute Gasteiger partial charge is 0.225 e. The van der Waals surface area contributed by atoms with Crippen molar-refractivity contribution in [3.8, 4) is 0 Å². The third-order valence-corrected chi connectivity index (χ3v) is 5.28. The van der Waals surface area contributed by atoms with Crippen molar-refractivity contribution in [1.29, 1.82) is 0 Å². The van der Waals surface area contributed by atoms with Crippen molar-refractivity contribution in [3.63, 3.8) is 0 Å². The molecule has 3 aliphatic heterocycles. The van der Waals surface area contributed by atoms with E-state index in [4.69, 9.17) is 4.74 Å². The number of likely N-dealkylation sites (tertiary alicyclic amines) is 1. The fraction of sp³-hybridized carbons (Fsp3) is 0.938. The molecule has 0 aliphatic carbocycles. The zero-order chi connectivity index (χ0) is 15.2. The van der Waals surface area contributed by atoms with E-state index in [-0.39, 0.29) is 11.5 Å². The predicted octanol–water partition coefficient (Wildman–Crippen LogP) is 0.648. The monoisotopic (exact) mass is 295 g/mol. The van der Waals surface area contributed by atoms with Gasteiger partial charge in [-0.1, -0.05) is 13.8 Å². The van der Waals surface area contributed by atoms with Crippen molar-refractivity contribution in [3.05, 3.63) is 0 Å². The molecule has 0 bridgehead atoms. The maximum Gasteiger partial charge on any atom is 0.225 e. The van der Waals surface area contributed by atoms with Gasteiger partial charge in [-0.05, 0) is 13.8 Å². The second-order valence-corrected chi connectivity index (χ2v) is 7.52. The van der Waals surface area contributed by atoms with Gasteiger partial charge in [-0.15, -0.1) is 0 Å². The van der Waals surface area contributed by atoms with Crippen molar-refractivity contribution in [2.75, 3.05) is 45.9 Å². The van der Waals surface area contributed by atoms with E-state index in [0.29, 0.717) is 18.0 Å². The lowest BCUT2D eigenvalue weighted by molar-refractivity contribution is -0.180. The molecule has 0 radical (unpaired) electrons. The molecule has 0 unspecified atom stereocenters. The zero-order valence-corrected chi connectivity index (χ0v) is 13.8. The predicted molar refractivity (Wildman–Crippen MR) is 82.2 cm³/mol. The van der Waals surface area contributed by atoms with Crippen LogP contribution < -0.4 is 0 Å². The molecular formula is C16H29N3O2. The van der Waals surface area contributed by atoms with Crippen molar-refractivity contribution >= 4 is 5.91 Å². The Morgan fingerprint density at radius 1 is 1.19 bits per heavy atom. The molecule has 0 aromatic heterocycles. The maximum absolute atomic E-state index is 12.5. The summed E-state index contributed by atoms with van der Waals surface area (Å²) in [6, 6.07) is 0.968. The van der Waals surface area contributed by atoms with E-state index in [9.17, 15) is 4.79 Å². The maximum atomic E-state index is 12.5. The lowest BCUT2D eigenvalue weighted by Gasteiger charge is -2.64. The molecule has 3 fully saturated rings. The van der Waals surface area contributed by atoms with Crippen LogP contribution >= 0.6 is 0 Å². The van der Waals surface area contributed by atoms with Crippen LogP contribution in [0.2, 0.25) is 0 Å². The molecule has 0 aromatic carbocycles. The Morgan fingerprint density at radius 3 is 2.52 bits per heavy atom. The minimum absolute atomic E-state index is 0.0828. The topological polar surface area (TPSA) is 36.0 Å². The molecule has 5 heteroatoms. The summed E-state index contributed by atoms with van der Waals surface area (Å²) in [6.07, 6.45) is 0. The van der Waals surface area contributed by atoms with Gasteiger partial charge < -0.3 is 9.64 Å². The molecule has 5 nitrogen and oxygen atoms in total. The Bertz CT molecular complexity index is 404. The fourth-order valence-corrected chi connectivity index (χ4v) is 4.09.